The van der Waals surface area contributed by atoms with Crippen LogP contribution in [-0.4, -0.2) is 183 Å². The van der Waals surface area contributed by atoms with E-state index in [9.17, 15) is 50.8 Å². The molecule has 60 heavy (non-hydrogen) atoms. The van der Waals surface area contributed by atoms with Crippen LogP contribution in [0.5, 0.6) is 0 Å². The Morgan fingerprint density at radius 1 is 0.733 bits per heavy atom. The number of aliphatic hydroxyl groups excluding tert-OH is 8. The number of esters is 1. The number of ether oxygens (including phenoxy) is 8. The predicted molar refractivity (Wildman–Crippen MR) is 203 cm³/mol. The quantitative estimate of drug-likeness (QED) is 0.0918. The van der Waals surface area contributed by atoms with Gasteiger partial charge in [-0.3, -0.25) is 0 Å². The van der Waals surface area contributed by atoms with Gasteiger partial charge in [0.15, 0.2) is 18.9 Å². The van der Waals surface area contributed by atoms with Crippen LogP contribution >= 0.6 is 0 Å². The minimum absolute atomic E-state index is 0.0325. The van der Waals surface area contributed by atoms with Gasteiger partial charge >= 0.3 is 5.97 Å². The zero-order valence-electron chi connectivity index (χ0n) is 34.8. The van der Waals surface area contributed by atoms with Gasteiger partial charge in [-0.15, -0.1) is 0 Å². The van der Waals surface area contributed by atoms with Crippen LogP contribution in [0.3, 0.4) is 0 Å². The Morgan fingerprint density at radius 3 is 2.12 bits per heavy atom. The van der Waals surface area contributed by atoms with Crippen molar-refractivity contribution in [3.05, 3.63) is 11.6 Å². The Kier molecular flexibility index (Phi) is 12.9. The van der Waals surface area contributed by atoms with Crippen molar-refractivity contribution in [3.63, 3.8) is 0 Å². The molecular formula is C42H66O18. The second-order valence-corrected chi connectivity index (χ2v) is 19.4. The van der Waals surface area contributed by atoms with E-state index in [1.54, 1.807) is 13.0 Å². The normalized spacial score (nSPS) is 54.4. The number of hydrogen-bond donors (Lipinski definition) is 9. The van der Waals surface area contributed by atoms with Crippen LogP contribution in [-0.2, 0) is 42.7 Å². The molecule has 8 rings (SSSR count). The topological polar surface area (TPSA) is 273 Å². The summed E-state index contributed by atoms with van der Waals surface area (Å²) < 4.78 is 47.1. The highest BCUT2D eigenvalue weighted by atomic mass is 16.8. The number of hydrogen-bond acceptors (Lipinski definition) is 18. The van der Waals surface area contributed by atoms with E-state index in [1.807, 2.05) is 0 Å². The average molecular weight is 859 g/mol. The molecule has 0 bridgehead atoms. The lowest BCUT2D eigenvalue weighted by molar-refractivity contribution is -0.376. The highest BCUT2D eigenvalue weighted by Gasteiger charge is 2.68. The number of fused-ring (bicyclic) bond motifs is 5. The van der Waals surface area contributed by atoms with Gasteiger partial charge in [0.25, 0.3) is 0 Å². The van der Waals surface area contributed by atoms with E-state index in [1.165, 1.54) is 7.11 Å². The maximum absolute atomic E-state index is 12.7. The Bertz CT molecular complexity index is 1570. The average Bonchev–Trinajstić information content (AvgIpc) is 3.78. The van der Waals surface area contributed by atoms with Crippen LogP contribution in [0.25, 0.3) is 0 Å². The molecule has 342 valence electrons. The van der Waals surface area contributed by atoms with Gasteiger partial charge in [-0.25, -0.2) is 4.79 Å². The minimum atomic E-state index is -1.80. The summed E-state index contributed by atoms with van der Waals surface area (Å²) in [6, 6.07) is 0. The number of aliphatic hydroxyl groups is 9. The van der Waals surface area contributed by atoms with Crippen molar-refractivity contribution in [3.8, 4) is 0 Å². The number of carbonyl (C=O) groups excluding carboxylic acids is 1. The maximum atomic E-state index is 12.7. The van der Waals surface area contributed by atoms with Crippen LogP contribution in [0.1, 0.15) is 78.6 Å². The Hall–Kier alpha value is -1.43. The van der Waals surface area contributed by atoms with E-state index < -0.39 is 111 Å². The molecule has 7 fully saturated rings. The van der Waals surface area contributed by atoms with Crippen LogP contribution in [0.15, 0.2) is 11.6 Å². The highest BCUT2D eigenvalue weighted by Crippen LogP contribution is 2.70. The zero-order valence-corrected chi connectivity index (χ0v) is 34.8. The van der Waals surface area contributed by atoms with Crippen molar-refractivity contribution in [2.75, 3.05) is 26.9 Å². The van der Waals surface area contributed by atoms with Crippen molar-refractivity contribution < 1.29 is 88.6 Å². The maximum Gasteiger partial charge on any atom is 0.331 e. The standard InChI is InChI=1S/C42H66O18/c1-18-28(45)35(53-4)36(60-38-34(51)32(49)30(47)26(59-38)17-55-37-33(50)31(48)29(46)25(15-43)58-37)39(56-18)57-21-7-10-40(2)20(14-21)5-6-24-23(40)8-11-41(3)22(9-12-42(24,41)52)19-13-27(44)54-16-19/h13,18,20-26,28-39,43,45-52H,5-12,14-17H2,1-4H3/t18-,20+,21-,22+,23-,24+,25+,26+,28-,29+,30+,31-,32-,33+,34+,35+,36-,37+,38-,39-,40-,41+,42-/m0/s1. The number of methoxy groups -OCH3 is 1. The van der Waals surface area contributed by atoms with E-state index >= 15 is 0 Å². The van der Waals surface area contributed by atoms with Crippen LogP contribution in [0.4, 0.5) is 0 Å². The smallest absolute Gasteiger partial charge is 0.331 e. The molecule has 0 amide bonds. The predicted octanol–water partition coefficient (Wildman–Crippen LogP) is -1.24. The van der Waals surface area contributed by atoms with E-state index in [0.717, 1.165) is 50.5 Å². The van der Waals surface area contributed by atoms with E-state index in [2.05, 4.69) is 13.8 Å². The molecule has 18 heteroatoms. The van der Waals surface area contributed by atoms with E-state index in [4.69, 9.17) is 37.9 Å². The van der Waals surface area contributed by atoms with Crippen LogP contribution in [0.2, 0.25) is 0 Å². The molecule has 4 saturated carbocycles. The van der Waals surface area contributed by atoms with Gasteiger partial charge in [-0.2, -0.15) is 0 Å². The molecule has 4 aliphatic heterocycles. The molecule has 0 aromatic carbocycles. The number of carbonyl (C=O) groups is 1. The molecule has 3 saturated heterocycles. The molecule has 9 N–H and O–H groups in total. The molecule has 0 unspecified atom stereocenters. The summed E-state index contributed by atoms with van der Waals surface area (Å²) >= 11 is 0. The first-order chi connectivity index (χ1) is 28.4. The molecule has 4 heterocycles. The summed E-state index contributed by atoms with van der Waals surface area (Å²) in [6.07, 6.45) is -12.4. The largest absolute Gasteiger partial charge is 0.458 e. The fourth-order valence-electron chi connectivity index (χ4n) is 12.9. The third-order valence-corrected chi connectivity index (χ3v) is 16.5. The third kappa shape index (κ3) is 7.50. The van der Waals surface area contributed by atoms with Gasteiger partial charge < -0.3 is 83.9 Å². The second kappa shape index (κ2) is 17.2. The first kappa shape index (κ1) is 45.1. The lowest BCUT2D eigenvalue weighted by atomic mass is 9.43. The van der Waals surface area contributed by atoms with Crippen LogP contribution < -0.4 is 0 Å². The summed E-state index contributed by atoms with van der Waals surface area (Å²) in [4.78, 5) is 12.0. The summed E-state index contributed by atoms with van der Waals surface area (Å²) in [5, 5.41) is 96.9. The van der Waals surface area contributed by atoms with Gasteiger partial charge in [-0.05, 0) is 99.4 Å². The van der Waals surface area contributed by atoms with Crippen molar-refractivity contribution in [1.29, 1.82) is 0 Å². The molecular weight excluding hydrogens is 792 g/mol. The lowest BCUT2D eigenvalue weighted by Gasteiger charge is -2.64. The Labute approximate surface area is 349 Å². The van der Waals surface area contributed by atoms with Crippen molar-refractivity contribution >= 4 is 5.97 Å². The Morgan fingerprint density at radius 2 is 1.43 bits per heavy atom. The van der Waals surface area contributed by atoms with E-state index in [0.29, 0.717) is 31.3 Å². The van der Waals surface area contributed by atoms with Crippen LogP contribution in [0, 0.1) is 34.5 Å². The monoisotopic (exact) mass is 858 g/mol. The third-order valence-electron chi connectivity index (χ3n) is 16.5. The first-order valence-corrected chi connectivity index (χ1v) is 21.8. The SMILES string of the molecule is CO[C@@H]1[C@@H](O)[C@H](C)O[C@@H](O[C@H]2CC[C@@]3(C)[C@H](CC[C@@H]4[C@@H]3CC[C@]3(C)[C@@H](C5=CC(=O)OC5)CC[C@]43O)C2)[C@H]1O[C@@H]1O[C@H](CO[C@@H]2O[C@H](CO)[C@@H](O)[C@H](O)[C@H]2O)[C@@H](O)[C@H](O)[C@H]1O. The molecule has 8 aliphatic rings. The molecule has 0 radical (unpaired) electrons. The first-order valence-electron chi connectivity index (χ1n) is 21.8. The summed E-state index contributed by atoms with van der Waals surface area (Å²) in [7, 11) is 1.39. The number of cyclic esters (lactones) is 1. The molecule has 18 nitrogen and oxygen atoms in total. The highest BCUT2D eigenvalue weighted by molar-refractivity contribution is 5.85. The summed E-state index contributed by atoms with van der Waals surface area (Å²) in [6.45, 7) is 5.36. The lowest BCUT2D eigenvalue weighted by Crippen LogP contribution is -2.65. The fourth-order valence-corrected chi connectivity index (χ4v) is 12.9. The van der Waals surface area contributed by atoms with Gasteiger partial charge in [0.2, 0.25) is 0 Å². The zero-order chi connectivity index (χ0) is 43.1. The van der Waals surface area contributed by atoms with Gasteiger partial charge in [-0.1, -0.05) is 13.8 Å². The summed E-state index contributed by atoms with van der Waals surface area (Å²) in [5.74, 6) is 0.597. The molecule has 0 aromatic rings. The minimum Gasteiger partial charge on any atom is -0.458 e. The molecule has 0 spiro atoms. The van der Waals surface area contributed by atoms with Gasteiger partial charge in [0.1, 0.15) is 73.8 Å². The Balaban J connectivity index is 0.937. The van der Waals surface area contributed by atoms with E-state index in [-0.39, 0.29) is 34.7 Å². The molecule has 4 aliphatic carbocycles. The second-order valence-electron chi connectivity index (χ2n) is 19.4. The van der Waals surface area contributed by atoms with Crippen molar-refractivity contribution in [1.82, 2.24) is 0 Å². The number of rotatable bonds is 10. The van der Waals surface area contributed by atoms with Gasteiger partial charge in [0.05, 0.1) is 31.0 Å². The molecule has 0 aromatic heterocycles. The molecule has 23 atom stereocenters. The van der Waals surface area contributed by atoms with Crippen molar-refractivity contribution in [2.45, 2.75) is 182 Å². The summed E-state index contributed by atoms with van der Waals surface area (Å²) in [5.41, 5.74) is -0.180. The van der Waals surface area contributed by atoms with Crippen molar-refractivity contribution in [2.24, 2.45) is 34.5 Å². The van der Waals surface area contributed by atoms with Gasteiger partial charge in [0, 0.05) is 18.6 Å². The fraction of sp³-hybridized carbons (Fsp3) is 0.929.